The minimum absolute atomic E-state index is 0.124. The average molecular weight is 251 g/mol. The summed E-state index contributed by atoms with van der Waals surface area (Å²) in [5.41, 5.74) is 1.05. The fourth-order valence-corrected chi connectivity index (χ4v) is 2.88. The van der Waals surface area contributed by atoms with Crippen LogP contribution >= 0.6 is 0 Å². The Labute approximate surface area is 106 Å². The normalized spacial score (nSPS) is 30.9. The van der Waals surface area contributed by atoms with E-state index in [9.17, 15) is 4.39 Å². The first-order valence-electron chi connectivity index (χ1n) is 6.49. The van der Waals surface area contributed by atoms with Gasteiger partial charge in [-0.15, -0.1) is 0 Å². The first kappa shape index (κ1) is 11.9. The fourth-order valence-electron chi connectivity index (χ4n) is 2.88. The Hall–Kier alpha value is -1.13. The van der Waals surface area contributed by atoms with Crippen LogP contribution in [0.2, 0.25) is 0 Å². The molecular formula is C14H18FNO2. The van der Waals surface area contributed by atoms with Gasteiger partial charge in [0.05, 0.1) is 6.61 Å². The molecule has 3 unspecified atom stereocenters. The number of benzene rings is 1. The molecule has 1 N–H and O–H groups in total. The van der Waals surface area contributed by atoms with Crippen molar-refractivity contribution in [2.45, 2.75) is 25.0 Å². The highest BCUT2D eigenvalue weighted by Crippen LogP contribution is 2.38. The number of hydrogen-bond acceptors (Lipinski definition) is 3. The van der Waals surface area contributed by atoms with E-state index in [-0.39, 0.29) is 18.0 Å². The SMILES string of the molecule is CNC1CC(C2CCOC2)Oc2cc(F)ccc21. The zero-order valence-electron chi connectivity index (χ0n) is 10.5. The van der Waals surface area contributed by atoms with Gasteiger partial charge in [-0.3, -0.25) is 0 Å². The molecule has 0 bridgehead atoms. The van der Waals surface area contributed by atoms with Crippen LogP contribution in [0.1, 0.15) is 24.4 Å². The summed E-state index contributed by atoms with van der Waals surface area (Å²) in [6.45, 7) is 1.57. The topological polar surface area (TPSA) is 30.5 Å². The van der Waals surface area contributed by atoms with Gasteiger partial charge in [-0.1, -0.05) is 6.07 Å². The van der Waals surface area contributed by atoms with Crippen LogP contribution in [-0.4, -0.2) is 26.4 Å². The van der Waals surface area contributed by atoms with E-state index in [1.165, 1.54) is 12.1 Å². The second-order valence-electron chi connectivity index (χ2n) is 5.04. The van der Waals surface area contributed by atoms with Gasteiger partial charge in [0, 0.05) is 36.6 Å². The summed E-state index contributed by atoms with van der Waals surface area (Å²) < 4.78 is 24.7. The quantitative estimate of drug-likeness (QED) is 0.874. The van der Waals surface area contributed by atoms with Crippen molar-refractivity contribution < 1.29 is 13.9 Å². The maximum absolute atomic E-state index is 13.3. The van der Waals surface area contributed by atoms with Crippen LogP contribution in [0.5, 0.6) is 5.75 Å². The van der Waals surface area contributed by atoms with Crippen molar-refractivity contribution in [2.75, 3.05) is 20.3 Å². The molecule has 0 radical (unpaired) electrons. The van der Waals surface area contributed by atoms with Crippen LogP contribution < -0.4 is 10.1 Å². The van der Waals surface area contributed by atoms with Gasteiger partial charge in [-0.2, -0.15) is 0 Å². The molecule has 1 aromatic carbocycles. The van der Waals surface area contributed by atoms with E-state index in [1.807, 2.05) is 13.1 Å². The molecule has 2 heterocycles. The summed E-state index contributed by atoms with van der Waals surface area (Å²) in [7, 11) is 1.94. The lowest BCUT2D eigenvalue weighted by molar-refractivity contribution is 0.0810. The largest absolute Gasteiger partial charge is 0.490 e. The van der Waals surface area contributed by atoms with Gasteiger partial charge < -0.3 is 14.8 Å². The smallest absolute Gasteiger partial charge is 0.127 e. The van der Waals surface area contributed by atoms with Gasteiger partial charge in [-0.05, 0) is 19.5 Å². The number of halogens is 1. The molecule has 3 atom stereocenters. The van der Waals surface area contributed by atoms with Gasteiger partial charge in [0.1, 0.15) is 17.7 Å². The van der Waals surface area contributed by atoms with E-state index in [0.717, 1.165) is 31.6 Å². The maximum Gasteiger partial charge on any atom is 0.127 e. The van der Waals surface area contributed by atoms with Gasteiger partial charge >= 0.3 is 0 Å². The van der Waals surface area contributed by atoms with E-state index >= 15 is 0 Å². The van der Waals surface area contributed by atoms with Crippen molar-refractivity contribution in [1.82, 2.24) is 5.32 Å². The van der Waals surface area contributed by atoms with Crippen molar-refractivity contribution in [1.29, 1.82) is 0 Å². The zero-order chi connectivity index (χ0) is 12.5. The molecule has 98 valence electrons. The zero-order valence-corrected chi connectivity index (χ0v) is 10.5. The Morgan fingerprint density at radius 2 is 2.28 bits per heavy atom. The van der Waals surface area contributed by atoms with Crippen molar-refractivity contribution in [3.05, 3.63) is 29.6 Å². The summed E-state index contributed by atoms with van der Waals surface area (Å²) in [6.07, 6.45) is 2.08. The van der Waals surface area contributed by atoms with Crippen molar-refractivity contribution in [3.8, 4) is 5.75 Å². The Morgan fingerprint density at radius 1 is 1.39 bits per heavy atom. The molecule has 0 amide bonds. The molecule has 4 heteroatoms. The fraction of sp³-hybridized carbons (Fsp3) is 0.571. The molecule has 1 saturated heterocycles. The Kier molecular flexibility index (Phi) is 3.22. The van der Waals surface area contributed by atoms with Gasteiger partial charge in [0.25, 0.3) is 0 Å². The van der Waals surface area contributed by atoms with Gasteiger partial charge in [-0.25, -0.2) is 4.39 Å². The summed E-state index contributed by atoms with van der Waals surface area (Å²) >= 11 is 0. The highest BCUT2D eigenvalue weighted by atomic mass is 19.1. The van der Waals surface area contributed by atoms with E-state index in [1.54, 1.807) is 0 Å². The van der Waals surface area contributed by atoms with Crippen molar-refractivity contribution >= 4 is 0 Å². The third kappa shape index (κ3) is 2.10. The molecule has 3 nitrogen and oxygen atoms in total. The predicted octanol–water partition coefficient (Wildman–Crippen LogP) is 2.27. The van der Waals surface area contributed by atoms with Crippen LogP contribution in [0.4, 0.5) is 4.39 Å². The summed E-state index contributed by atoms with van der Waals surface area (Å²) in [5, 5.41) is 3.29. The number of hydrogen-bond donors (Lipinski definition) is 1. The van der Waals surface area contributed by atoms with Crippen LogP contribution in [0.3, 0.4) is 0 Å². The first-order chi connectivity index (χ1) is 8.78. The molecule has 18 heavy (non-hydrogen) atoms. The summed E-state index contributed by atoms with van der Waals surface area (Å²) in [4.78, 5) is 0. The minimum atomic E-state index is -0.244. The van der Waals surface area contributed by atoms with Crippen molar-refractivity contribution in [3.63, 3.8) is 0 Å². The Balaban J connectivity index is 1.87. The maximum atomic E-state index is 13.3. The lowest BCUT2D eigenvalue weighted by atomic mass is 9.89. The van der Waals surface area contributed by atoms with Crippen molar-refractivity contribution in [2.24, 2.45) is 5.92 Å². The Bertz CT molecular complexity index is 432. The molecule has 1 aromatic rings. The van der Waals surface area contributed by atoms with Gasteiger partial charge in [0.2, 0.25) is 0 Å². The molecule has 0 spiro atoms. The monoisotopic (exact) mass is 251 g/mol. The second-order valence-corrected chi connectivity index (χ2v) is 5.04. The number of ether oxygens (including phenoxy) is 2. The van der Waals surface area contributed by atoms with E-state index < -0.39 is 0 Å². The molecule has 0 aromatic heterocycles. The number of nitrogens with one attached hydrogen (secondary N) is 1. The third-order valence-electron chi connectivity index (χ3n) is 3.94. The first-order valence-corrected chi connectivity index (χ1v) is 6.49. The van der Waals surface area contributed by atoms with Gasteiger partial charge in [0.15, 0.2) is 0 Å². The van der Waals surface area contributed by atoms with Crippen LogP contribution in [-0.2, 0) is 4.74 Å². The summed E-state index contributed by atoms with van der Waals surface area (Å²) in [5.74, 6) is 0.863. The number of rotatable bonds is 2. The van der Waals surface area contributed by atoms with E-state index in [4.69, 9.17) is 9.47 Å². The molecule has 0 aliphatic carbocycles. The van der Waals surface area contributed by atoms with E-state index in [2.05, 4.69) is 5.32 Å². The highest BCUT2D eigenvalue weighted by Gasteiger charge is 2.34. The van der Waals surface area contributed by atoms with Crippen LogP contribution in [0, 0.1) is 11.7 Å². The number of fused-ring (bicyclic) bond motifs is 1. The molecule has 1 fully saturated rings. The average Bonchev–Trinajstić information content (AvgIpc) is 2.90. The molecule has 2 aliphatic rings. The molecule has 2 aliphatic heterocycles. The van der Waals surface area contributed by atoms with E-state index in [0.29, 0.717) is 11.7 Å². The highest BCUT2D eigenvalue weighted by molar-refractivity contribution is 5.38. The standard InChI is InChI=1S/C14H18FNO2/c1-16-12-7-13(9-4-5-17-8-9)18-14-6-10(15)2-3-11(12)14/h2-3,6,9,12-13,16H,4-5,7-8H2,1H3. The minimum Gasteiger partial charge on any atom is -0.490 e. The lowest BCUT2D eigenvalue weighted by Gasteiger charge is -2.34. The predicted molar refractivity (Wildman–Crippen MR) is 66.2 cm³/mol. The third-order valence-corrected chi connectivity index (χ3v) is 3.94. The Morgan fingerprint density at radius 3 is 3.00 bits per heavy atom. The molecule has 3 rings (SSSR count). The summed E-state index contributed by atoms with van der Waals surface area (Å²) in [6, 6.07) is 5.03. The molecular weight excluding hydrogens is 233 g/mol. The second kappa shape index (κ2) is 4.86. The lowest BCUT2D eigenvalue weighted by Crippen LogP contribution is -2.36. The van der Waals surface area contributed by atoms with Crippen LogP contribution in [0.25, 0.3) is 0 Å². The van der Waals surface area contributed by atoms with Crippen LogP contribution in [0.15, 0.2) is 18.2 Å². The molecule has 0 saturated carbocycles.